The molecule has 1 saturated heterocycles. The summed E-state index contributed by atoms with van der Waals surface area (Å²) >= 11 is 0. The third-order valence-corrected chi connectivity index (χ3v) is 5.14. The van der Waals surface area contributed by atoms with Crippen molar-refractivity contribution < 1.29 is 9.47 Å². The Morgan fingerprint density at radius 2 is 2.05 bits per heavy atom. The maximum Gasteiger partial charge on any atom is 0.122 e. The molecule has 1 aromatic carbocycles. The van der Waals surface area contributed by atoms with Crippen LogP contribution in [0.5, 0.6) is 5.75 Å². The predicted molar refractivity (Wildman–Crippen MR) is 75.6 cm³/mol. The van der Waals surface area contributed by atoms with Crippen molar-refractivity contribution in [1.29, 1.82) is 0 Å². The number of benzene rings is 1. The van der Waals surface area contributed by atoms with Crippen LogP contribution >= 0.6 is 0 Å². The fraction of sp³-hybridized carbons (Fsp3) is 0.625. The van der Waals surface area contributed by atoms with Crippen LogP contribution in [0.15, 0.2) is 18.2 Å². The number of aryl methyl sites for hydroxylation is 1. The highest BCUT2D eigenvalue weighted by atomic mass is 16.5. The van der Waals surface area contributed by atoms with Gasteiger partial charge in [-0.05, 0) is 42.9 Å². The third kappa shape index (κ3) is 1.72. The molecule has 0 atom stereocenters. The van der Waals surface area contributed by atoms with E-state index in [1.165, 1.54) is 24.0 Å². The molecule has 0 radical (unpaired) electrons. The van der Waals surface area contributed by atoms with Crippen LogP contribution in [0.4, 0.5) is 0 Å². The molecule has 2 fully saturated rings. The molecule has 19 heavy (non-hydrogen) atoms. The van der Waals surface area contributed by atoms with E-state index in [2.05, 4.69) is 25.1 Å². The van der Waals surface area contributed by atoms with Gasteiger partial charge in [-0.15, -0.1) is 0 Å². The summed E-state index contributed by atoms with van der Waals surface area (Å²) in [7, 11) is 1.75. The topological polar surface area (TPSA) is 44.5 Å². The molecule has 1 aliphatic heterocycles. The van der Waals surface area contributed by atoms with Crippen LogP contribution in [-0.2, 0) is 16.6 Å². The average Bonchev–Trinajstić information content (AvgIpc) is 3.18. The molecular formula is C16H23NO2. The lowest BCUT2D eigenvalue weighted by atomic mass is 9.65. The number of hydrogen-bond acceptors (Lipinski definition) is 3. The lowest BCUT2D eigenvalue weighted by molar-refractivity contribution is -0.0981. The molecule has 1 heterocycles. The first-order chi connectivity index (χ1) is 9.21. The van der Waals surface area contributed by atoms with Crippen molar-refractivity contribution >= 4 is 0 Å². The minimum Gasteiger partial charge on any atom is -0.496 e. The van der Waals surface area contributed by atoms with Gasteiger partial charge >= 0.3 is 0 Å². The van der Waals surface area contributed by atoms with E-state index in [1.54, 1.807) is 7.11 Å². The van der Waals surface area contributed by atoms with Gasteiger partial charge in [-0.1, -0.05) is 19.1 Å². The molecule has 0 unspecified atom stereocenters. The molecule has 1 saturated carbocycles. The van der Waals surface area contributed by atoms with Crippen molar-refractivity contribution in [2.45, 2.75) is 31.6 Å². The minimum absolute atomic E-state index is 0.0816. The molecule has 1 aromatic rings. The highest BCUT2D eigenvalue weighted by Crippen LogP contribution is 2.63. The fourth-order valence-electron chi connectivity index (χ4n) is 3.43. The summed E-state index contributed by atoms with van der Waals surface area (Å²) in [5.74, 6) is 0.986. The van der Waals surface area contributed by atoms with Crippen molar-refractivity contribution in [1.82, 2.24) is 0 Å². The number of nitrogens with two attached hydrogens (primary N) is 1. The van der Waals surface area contributed by atoms with Crippen molar-refractivity contribution in [3.05, 3.63) is 29.3 Å². The fourth-order valence-corrected chi connectivity index (χ4v) is 3.43. The van der Waals surface area contributed by atoms with E-state index in [4.69, 9.17) is 15.2 Å². The zero-order valence-corrected chi connectivity index (χ0v) is 11.9. The average molecular weight is 261 g/mol. The Morgan fingerprint density at radius 3 is 2.47 bits per heavy atom. The first-order valence-corrected chi connectivity index (χ1v) is 7.16. The molecular weight excluding hydrogens is 238 g/mol. The normalized spacial score (nSPS) is 22.7. The monoisotopic (exact) mass is 261 g/mol. The van der Waals surface area contributed by atoms with Crippen LogP contribution < -0.4 is 10.5 Å². The summed E-state index contributed by atoms with van der Waals surface area (Å²) in [5, 5.41) is 0. The lowest BCUT2D eigenvalue weighted by Crippen LogP contribution is -2.56. The second kappa shape index (κ2) is 4.50. The van der Waals surface area contributed by atoms with Gasteiger partial charge < -0.3 is 15.2 Å². The SMILES string of the molecule is CCc1ccc(OC)c(C2(C3(CN)CC3)COC2)c1. The van der Waals surface area contributed by atoms with Crippen molar-refractivity contribution in [3.8, 4) is 5.75 Å². The maximum atomic E-state index is 6.07. The van der Waals surface area contributed by atoms with Crippen molar-refractivity contribution in [3.63, 3.8) is 0 Å². The van der Waals surface area contributed by atoms with Gasteiger partial charge in [-0.2, -0.15) is 0 Å². The summed E-state index contributed by atoms with van der Waals surface area (Å²) in [6, 6.07) is 6.55. The van der Waals surface area contributed by atoms with Crippen molar-refractivity contribution in [2.24, 2.45) is 11.1 Å². The Labute approximate surface area is 115 Å². The van der Waals surface area contributed by atoms with Crippen LogP contribution in [0.3, 0.4) is 0 Å². The number of methoxy groups -OCH3 is 1. The number of rotatable bonds is 5. The highest BCUT2D eigenvalue weighted by molar-refractivity contribution is 5.47. The van der Waals surface area contributed by atoms with Gasteiger partial charge in [-0.3, -0.25) is 0 Å². The van der Waals surface area contributed by atoms with Gasteiger partial charge in [0.2, 0.25) is 0 Å². The highest BCUT2D eigenvalue weighted by Gasteiger charge is 2.63. The van der Waals surface area contributed by atoms with Gasteiger partial charge in [-0.25, -0.2) is 0 Å². The Bertz CT molecular complexity index is 476. The zero-order chi connectivity index (χ0) is 13.5. The van der Waals surface area contributed by atoms with Gasteiger partial charge in [0.25, 0.3) is 0 Å². The Balaban J connectivity index is 2.08. The van der Waals surface area contributed by atoms with Gasteiger partial charge in [0.15, 0.2) is 0 Å². The smallest absolute Gasteiger partial charge is 0.122 e. The lowest BCUT2D eigenvalue weighted by Gasteiger charge is -2.48. The van der Waals surface area contributed by atoms with Crippen LogP contribution in [-0.4, -0.2) is 26.9 Å². The van der Waals surface area contributed by atoms with Gasteiger partial charge in [0, 0.05) is 5.56 Å². The van der Waals surface area contributed by atoms with E-state index < -0.39 is 0 Å². The minimum atomic E-state index is 0.0816. The largest absolute Gasteiger partial charge is 0.496 e. The predicted octanol–water partition coefficient (Wildman–Crippen LogP) is 2.26. The van der Waals surface area contributed by atoms with Crippen molar-refractivity contribution in [2.75, 3.05) is 26.9 Å². The summed E-state index contributed by atoms with van der Waals surface area (Å²) in [4.78, 5) is 0. The third-order valence-electron chi connectivity index (χ3n) is 5.14. The van der Waals surface area contributed by atoms with E-state index in [0.717, 1.165) is 31.9 Å². The summed E-state index contributed by atoms with van der Waals surface area (Å²) in [6.45, 7) is 4.50. The maximum absolute atomic E-state index is 6.07. The van der Waals surface area contributed by atoms with E-state index in [9.17, 15) is 0 Å². The second-order valence-electron chi connectivity index (χ2n) is 5.95. The standard InChI is InChI=1S/C16H23NO2/c1-3-12-4-5-14(18-2)13(8-12)16(10-19-11-16)15(9-17)6-7-15/h4-5,8H,3,6-7,9-11,17H2,1-2H3. The summed E-state index contributed by atoms with van der Waals surface area (Å²) in [5.41, 5.74) is 9.06. The molecule has 3 heteroatoms. The molecule has 1 aliphatic carbocycles. The zero-order valence-electron chi connectivity index (χ0n) is 11.9. The summed E-state index contributed by atoms with van der Waals surface area (Å²) in [6.07, 6.45) is 3.47. The molecule has 104 valence electrons. The summed E-state index contributed by atoms with van der Waals surface area (Å²) < 4.78 is 11.2. The Kier molecular flexibility index (Phi) is 3.06. The van der Waals surface area contributed by atoms with E-state index in [1.807, 2.05) is 0 Å². The van der Waals surface area contributed by atoms with E-state index >= 15 is 0 Å². The quantitative estimate of drug-likeness (QED) is 0.884. The Morgan fingerprint density at radius 1 is 1.32 bits per heavy atom. The molecule has 0 amide bonds. The van der Waals surface area contributed by atoms with Crippen LogP contribution in [0.2, 0.25) is 0 Å². The second-order valence-corrected chi connectivity index (χ2v) is 5.95. The molecule has 2 N–H and O–H groups in total. The van der Waals surface area contributed by atoms with E-state index in [0.29, 0.717) is 0 Å². The first-order valence-electron chi connectivity index (χ1n) is 7.16. The number of ether oxygens (including phenoxy) is 2. The van der Waals surface area contributed by atoms with E-state index in [-0.39, 0.29) is 10.8 Å². The van der Waals surface area contributed by atoms with Gasteiger partial charge in [0.1, 0.15) is 5.75 Å². The van der Waals surface area contributed by atoms with Crippen LogP contribution in [0.1, 0.15) is 30.9 Å². The first kappa shape index (κ1) is 12.9. The molecule has 0 aromatic heterocycles. The molecule has 0 spiro atoms. The Hall–Kier alpha value is -1.06. The molecule has 0 bridgehead atoms. The van der Waals surface area contributed by atoms with Crippen LogP contribution in [0, 0.1) is 5.41 Å². The molecule has 3 nitrogen and oxygen atoms in total. The number of hydrogen-bond donors (Lipinski definition) is 1. The molecule has 3 rings (SSSR count). The van der Waals surface area contributed by atoms with Crippen LogP contribution in [0.25, 0.3) is 0 Å². The molecule has 2 aliphatic rings. The van der Waals surface area contributed by atoms with Gasteiger partial charge in [0.05, 0.1) is 25.7 Å².